The second-order valence-corrected chi connectivity index (χ2v) is 9.12. The van der Waals surface area contributed by atoms with Gasteiger partial charge in [0.25, 0.3) is 5.91 Å². The van der Waals surface area contributed by atoms with Crippen molar-refractivity contribution in [1.29, 1.82) is 5.26 Å². The number of hydrogen-bond donors (Lipinski definition) is 1. The average Bonchev–Trinajstić information content (AvgIpc) is 2.70. The van der Waals surface area contributed by atoms with Crippen LogP contribution in [0.2, 0.25) is 0 Å². The Hall–Kier alpha value is -3.00. The van der Waals surface area contributed by atoms with Crippen LogP contribution in [-0.4, -0.2) is 24.7 Å². The standard InChI is InChI=1S/C25H30N2O3/c1-7-29-20-14-19(13-12-18(20)15-26)30-23-24(3,4)22(25(23,5)6)27-21(28)17-10-8-16(2)9-11-17/h8-14,22-23H,7H2,1-6H3,(H,27,28)/t22-,23-. The van der Waals surface area contributed by atoms with E-state index in [0.717, 1.165) is 5.56 Å². The lowest BCUT2D eigenvalue weighted by atomic mass is 9.49. The highest BCUT2D eigenvalue weighted by molar-refractivity contribution is 5.94. The molecule has 0 spiro atoms. The molecular weight excluding hydrogens is 376 g/mol. The molecule has 1 N–H and O–H groups in total. The van der Waals surface area contributed by atoms with Crippen LogP contribution < -0.4 is 14.8 Å². The summed E-state index contributed by atoms with van der Waals surface area (Å²) < 4.78 is 11.9. The van der Waals surface area contributed by atoms with Gasteiger partial charge in [-0.05, 0) is 38.1 Å². The maximum absolute atomic E-state index is 12.8. The van der Waals surface area contributed by atoms with E-state index in [0.29, 0.717) is 29.2 Å². The van der Waals surface area contributed by atoms with Crippen LogP contribution in [0.3, 0.4) is 0 Å². The van der Waals surface area contributed by atoms with Crippen molar-refractivity contribution in [3.8, 4) is 17.6 Å². The Bertz CT molecular complexity index is 955. The number of aryl methyl sites for hydroxylation is 1. The molecule has 2 aromatic carbocycles. The van der Waals surface area contributed by atoms with Crippen LogP contribution in [0.25, 0.3) is 0 Å². The van der Waals surface area contributed by atoms with Crippen molar-refractivity contribution in [2.75, 3.05) is 6.61 Å². The number of nitrogens with one attached hydrogen (secondary N) is 1. The number of nitrogens with zero attached hydrogens (tertiary/aromatic N) is 1. The molecule has 3 rings (SSSR count). The summed E-state index contributed by atoms with van der Waals surface area (Å²) in [5.74, 6) is 1.11. The van der Waals surface area contributed by atoms with E-state index in [1.807, 2.05) is 38.1 Å². The molecule has 1 amide bonds. The van der Waals surface area contributed by atoms with E-state index >= 15 is 0 Å². The van der Waals surface area contributed by atoms with E-state index in [1.165, 1.54) is 0 Å². The maximum atomic E-state index is 12.8. The molecule has 0 aromatic heterocycles. The molecule has 1 aliphatic rings. The SMILES string of the molecule is CCOc1cc(O[C@H]2C(C)(C)[C@H](NC(=O)c3ccc(C)cc3)C2(C)C)ccc1C#N. The Balaban J connectivity index is 1.77. The highest BCUT2D eigenvalue weighted by Crippen LogP contribution is 2.55. The van der Waals surface area contributed by atoms with Crippen molar-refractivity contribution in [1.82, 2.24) is 5.32 Å². The Labute approximate surface area is 179 Å². The summed E-state index contributed by atoms with van der Waals surface area (Å²) in [7, 11) is 0. The van der Waals surface area contributed by atoms with Gasteiger partial charge in [-0.15, -0.1) is 0 Å². The van der Waals surface area contributed by atoms with Crippen molar-refractivity contribution < 1.29 is 14.3 Å². The lowest BCUT2D eigenvalue weighted by Gasteiger charge is -2.63. The molecule has 1 aliphatic carbocycles. The molecule has 1 saturated carbocycles. The summed E-state index contributed by atoms with van der Waals surface area (Å²) in [6.45, 7) is 12.8. The number of amides is 1. The predicted octanol–water partition coefficient (Wildman–Crippen LogP) is 4.88. The van der Waals surface area contributed by atoms with E-state index < -0.39 is 0 Å². The lowest BCUT2D eigenvalue weighted by molar-refractivity contribution is -0.164. The first-order valence-corrected chi connectivity index (χ1v) is 10.3. The quantitative estimate of drug-likeness (QED) is 0.742. The van der Waals surface area contributed by atoms with Crippen LogP contribution in [-0.2, 0) is 0 Å². The number of benzene rings is 2. The predicted molar refractivity (Wildman–Crippen MR) is 117 cm³/mol. The minimum atomic E-state index is -0.274. The van der Waals surface area contributed by atoms with E-state index in [1.54, 1.807) is 18.2 Å². The molecule has 5 heteroatoms. The summed E-state index contributed by atoms with van der Waals surface area (Å²) in [4.78, 5) is 12.8. The molecule has 0 aliphatic heterocycles. The topological polar surface area (TPSA) is 71.3 Å². The van der Waals surface area contributed by atoms with Gasteiger partial charge in [0.1, 0.15) is 23.7 Å². The zero-order valence-corrected chi connectivity index (χ0v) is 18.6. The van der Waals surface area contributed by atoms with Crippen LogP contribution in [0.5, 0.6) is 11.5 Å². The summed E-state index contributed by atoms with van der Waals surface area (Å²) in [6.07, 6.45) is -0.115. The zero-order chi connectivity index (χ0) is 22.1. The van der Waals surface area contributed by atoms with Gasteiger partial charge < -0.3 is 14.8 Å². The summed E-state index contributed by atoms with van der Waals surface area (Å²) >= 11 is 0. The van der Waals surface area contributed by atoms with E-state index in [-0.39, 0.29) is 28.9 Å². The number of carbonyl (C=O) groups is 1. The molecular formula is C25H30N2O3. The molecule has 0 bridgehead atoms. The molecule has 0 atom stereocenters. The Morgan fingerprint density at radius 3 is 2.30 bits per heavy atom. The third kappa shape index (κ3) is 3.87. The first-order chi connectivity index (χ1) is 14.1. The highest BCUT2D eigenvalue weighted by Gasteiger charge is 2.64. The van der Waals surface area contributed by atoms with Crippen LogP contribution >= 0.6 is 0 Å². The zero-order valence-electron chi connectivity index (χ0n) is 18.6. The number of ether oxygens (including phenoxy) is 2. The minimum Gasteiger partial charge on any atom is -0.492 e. The van der Waals surface area contributed by atoms with Crippen molar-refractivity contribution in [2.24, 2.45) is 10.8 Å². The summed E-state index contributed by atoms with van der Waals surface area (Å²) in [5, 5.41) is 12.5. The molecule has 1 fully saturated rings. The Morgan fingerprint density at radius 1 is 1.10 bits per heavy atom. The van der Waals surface area contributed by atoms with Crippen molar-refractivity contribution in [3.05, 3.63) is 59.2 Å². The average molecular weight is 407 g/mol. The Morgan fingerprint density at radius 2 is 1.73 bits per heavy atom. The van der Waals surface area contributed by atoms with Crippen LogP contribution in [0.15, 0.2) is 42.5 Å². The number of carbonyl (C=O) groups excluding carboxylic acids is 1. The lowest BCUT2D eigenvalue weighted by Crippen LogP contribution is -2.74. The summed E-state index contributed by atoms with van der Waals surface area (Å²) in [6, 6.07) is 15.0. The second-order valence-electron chi connectivity index (χ2n) is 9.12. The van der Waals surface area contributed by atoms with Gasteiger partial charge in [0.15, 0.2) is 0 Å². The van der Waals surface area contributed by atoms with Crippen molar-refractivity contribution >= 4 is 5.91 Å². The Kier molecular flexibility index (Phi) is 5.81. The number of rotatable bonds is 6. The highest BCUT2D eigenvalue weighted by atomic mass is 16.5. The molecule has 0 radical (unpaired) electrons. The molecule has 2 aromatic rings. The van der Waals surface area contributed by atoms with Gasteiger partial charge in [-0.3, -0.25) is 4.79 Å². The fourth-order valence-electron chi connectivity index (χ4n) is 4.80. The molecule has 0 unspecified atom stereocenters. The van der Waals surface area contributed by atoms with Gasteiger partial charge in [0, 0.05) is 28.5 Å². The molecule has 30 heavy (non-hydrogen) atoms. The number of nitriles is 1. The van der Waals surface area contributed by atoms with Crippen LogP contribution in [0, 0.1) is 29.1 Å². The van der Waals surface area contributed by atoms with E-state index in [2.05, 4.69) is 39.1 Å². The fraction of sp³-hybridized carbons (Fsp3) is 0.440. The summed E-state index contributed by atoms with van der Waals surface area (Å²) in [5.41, 5.74) is 1.72. The third-order valence-corrected chi connectivity index (χ3v) is 6.06. The monoisotopic (exact) mass is 406 g/mol. The maximum Gasteiger partial charge on any atom is 0.251 e. The first kappa shape index (κ1) is 21.7. The van der Waals surface area contributed by atoms with Crippen molar-refractivity contribution in [2.45, 2.75) is 53.7 Å². The molecule has 0 saturated heterocycles. The van der Waals surface area contributed by atoms with Crippen molar-refractivity contribution in [3.63, 3.8) is 0 Å². The largest absolute Gasteiger partial charge is 0.492 e. The smallest absolute Gasteiger partial charge is 0.251 e. The second kappa shape index (κ2) is 8.02. The molecule has 158 valence electrons. The van der Waals surface area contributed by atoms with Crippen LogP contribution in [0.1, 0.15) is 56.1 Å². The van der Waals surface area contributed by atoms with Gasteiger partial charge in [0.05, 0.1) is 12.2 Å². The van der Waals surface area contributed by atoms with Gasteiger partial charge in [-0.25, -0.2) is 0 Å². The van der Waals surface area contributed by atoms with Gasteiger partial charge >= 0.3 is 0 Å². The van der Waals surface area contributed by atoms with Gasteiger partial charge in [-0.1, -0.05) is 45.4 Å². The first-order valence-electron chi connectivity index (χ1n) is 10.3. The number of hydrogen-bond acceptors (Lipinski definition) is 4. The third-order valence-electron chi connectivity index (χ3n) is 6.06. The van der Waals surface area contributed by atoms with Crippen LogP contribution in [0.4, 0.5) is 0 Å². The van der Waals surface area contributed by atoms with E-state index in [4.69, 9.17) is 9.47 Å². The molecule has 0 heterocycles. The van der Waals surface area contributed by atoms with Gasteiger partial charge in [0.2, 0.25) is 0 Å². The normalized spacial score (nSPS) is 21.1. The van der Waals surface area contributed by atoms with Gasteiger partial charge in [-0.2, -0.15) is 5.26 Å². The molecule has 5 nitrogen and oxygen atoms in total. The van der Waals surface area contributed by atoms with E-state index in [9.17, 15) is 10.1 Å². The minimum absolute atomic E-state index is 0.0476. The fourth-order valence-corrected chi connectivity index (χ4v) is 4.80.